The Labute approximate surface area is 155 Å². The van der Waals surface area contributed by atoms with E-state index in [2.05, 4.69) is 15.5 Å². The number of carbonyl (C=O) groups excluding carboxylic acids is 2. The van der Waals surface area contributed by atoms with Crippen LogP contribution < -0.4 is 5.32 Å². The van der Waals surface area contributed by atoms with Gasteiger partial charge in [-0.1, -0.05) is 35.5 Å². The number of thiazole rings is 1. The molecule has 0 bridgehead atoms. The maximum atomic E-state index is 12.2. The van der Waals surface area contributed by atoms with E-state index in [0.717, 1.165) is 16.3 Å². The van der Waals surface area contributed by atoms with Gasteiger partial charge in [-0.05, 0) is 6.42 Å². The molecule has 0 spiro atoms. The smallest absolute Gasteiger partial charge is 0.273 e. The molecule has 0 aliphatic rings. The fourth-order valence-electron chi connectivity index (χ4n) is 2.52. The Bertz CT molecular complexity index is 886. The van der Waals surface area contributed by atoms with E-state index in [-0.39, 0.29) is 17.4 Å². The largest absolute Gasteiger partial charge is 0.361 e. The van der Waals surface area contributed by atoms with Crippen molar-refractivity contribution in [2.45, 2.75) is 25.7 Å². The highest BCUT2D eigenvalue weighted by molar-refractivity contribution is 7.10. The van der Waals surface area contributed by atoms with Crippen LogP contribution in [0.3, 0.4) is 0 Å². The molecule has 0 saturated heterocycles. The first-order chi connectivity index (χ1) is 12.7. The Hall–Kier alpha value is -2.80. The average molecular weight is 369 g/mol. The van der Waals surface area contributed by atoms with Gasteiger partial charge in [0.1, 0.15) is 16.6 Å². The van der Waals surface area contributed by atoms with Crippen molar-refractivity contribution in [3.8, 4) is 11.3 Å². The Balaban J connectivity index is 1.47. The lowest BCUT2D eigenvalue weighted by Crippen LogP contribution is -2.17. The number of benzene rings is 1. The summed E-state index contributed by atoms with van der Waals surface area (Å²) in [5.74, 6) is 0.469. The summed E-state index contributed by atoms with van der Waals surface area (Å²) in [5, 5.41) is 9.00. The molecule has 0 unspecified atom stereocenters. The zero-order valence-corrected chi connectivity index (χ0v) is 15.2. The van der Waals surface area contributed by atoms with Crippen LogP contribution in [0.2, 0.25) is 0 Å². The quantitative estimate of drug-likeness (QED) is 0.658. The second kappa shape index (κ2) is 8.53. The lowest BCUT2D eigenvalue weighted by Gasteiger charge is -1.98. The summed E-state index contributed by atoms with van der Waals surface area (Å²) in [6, 6.07) is 11.5. The molecule has 0 fully saturated rings. The van der Waals surface area contributed by atoms with Gasteiger partial charge in [0.15, 0.2) is 5.69 Å². The van der Waals surface area contributed by atoms with Crippen molar-refractivity contribution < 1.29 is 14.1 Å². The molecule has 0 atom stereocenters. The van der Waals surface area contributed by atoms with E-state index < -0.39 is 0 Å². The van der Waals surface area contributed by atoms with E-state index >= 15 is 0 Å². The second-order valence-electron chi connectivity index (χ2n) is 5.82. The van der Waals surface area contributed by atoms with Gasteiger partial charge in [0.2, 0.25) is 0 Å². The summed E-state index contributed by atoms with van der Waals surface area (Å²) in [6.07, 6.45) is 2.01. The summed E-state index contributed by atoms with van der Waals surface area (Å²) in [4.78, 5) is 28.1. The fourth-order valence-corrected chi connectivity index (χ4v) is 3.35. The van der Waals surface area contributed by atoms with Crippen molar-refractivity contribution in [2.24, 2.45) is 0 Å². The molecule has 26 heavy (non-hydrogen) atoms. The van der Waals surface area contributed by atoms with Gasteiger partial charge >= 0.3 is 0 Å². The molecule has 1 aromatic carbocycles. The summed E-state index contributed by atoms with van der Waals surface area (Å²) < 4.78 is 5.11. The van der Waals surface area contributed by atoms with E-state index in [4.69, 9.17) is 4.52 Å². The maximum absolute atomic E-state index is 12.2. The third-order valence-electron chi connectivity index (χ3n) is 3.87. The molecule has 6 nitrogen and oxygen atoms in total. The molecule has 1 amide bonds. The number of aryl methyl sites for hydroxylation is 1. The zero-order valence-electron chi connectivity index (χ0n) is 14.4. The number of nitrogens with one attached hydrogen (secondary N) is 1. The van der Waals surface area contributed by atoms with Gasteiger partial charge in [0.25, 0.3) is 5.91 Å². The Morgan fingerprint density at radius 3 is 2.81 bits per heavy atom. The monoisotopic (exact) mass is 369 g/mol. The highest BCUT2D eigenvalue weighted by atomic mass is 32.1. The highest BCUT2D eigenvalue weighted by Gasteiger charge is 2.12. The Morgan fingerprint density at radius 1 is 1.23 bits per heavy atom. The maximum Gasteiger partial charge on any atom is 0.273 e. The van der Waals surface area contributed by atoms with Crippen molar-refractivity contribution in [3.63, 3.8) is 0 Å². The molecule has 0 aliphatic carbocycles. The van der Waals surface area contributed by atoms with E-state index in [0.29, 0.717) is 31.4 Å². The van der Waals surface area contributed by atoms with Crippen LogP contribution in [-0.2, 0) is 17.6 Å². The average Bonchev–Trinajstić information content (AvgIpc) is 3.31. The fraction of sp³-hybridized carbons (Fsp3) is 0.263. The number of hydrogen-bond acceptors (Lipinski definition) is 6. The van der Waals surface area contributed by atoms with Crippen molar-refractivity contribution in [3.05, 3.63) is 58.2 Å². The van der Waals surface area contributed by atoms with Crippen molar-refractivity contribution in [1.82, 2.24) is 15.5 Å². The molecule has 3 aromatic rings. The number of nitrogens with zero attached hydrogens (tertiary/aromatic N) is 2. The number of carbonyl (C=O) groups is 2. The minimum Gasteiger partial charge on any atom is -0.361 e. The van der Waals surface area contributed by atoms with E-state index in [1.807, 2.05) is 35.7 Å². The SMILES string of the molecule is CNC(=O)c1cc(CCCC(=O)Cc2nc(-c3ccccc3)cs2)on1. The van der Waals surface area contributed by atoms with E-state index in [1.165, 1.54) is 18.4 Å². The first-order valence-corrected chi connectivity index (χ1v) is 9.23. The van der Waals surface area contributed by atoms with Gasteiger partial charge in [0, 0.05) is 36.9 Å². The van der Waals surface area contributed by atoms with Gasteiger partial charge in [-0.15, -0.1) is 11.3 Å². The third-order valence-corrected chi connectivity index (χ3v) is 4.72. The van der Waals surface area contributed by atoms with Gasteiger partial charge in [0.05, 0.1) is 12.1 Å². The van der Waals surface area contributed by atoms with Crippen LogP contribution in [0.1, 0.15) is 34.1 Å². The predicted octanol–water partition coefficient (Wildman–Crippen LogP) is 3.29. The summed E-state index contributed by atoms with van der Waals surface area (Å²) in [7, 11) is 1.54. The lowest BCUT2D eigenvalue weighted by molar-refractivity contribution is -0.118. The molecule has 7 heteroatoms. The van der Waals surface area contributed by atoms with E-state index in [9.17, 15) is 9.59 Å². The Morgan fingerprint density at radius 2 is 2.04 bits per heavy atom. The number of Topliss-reactive ketones (excluding diaryl/α,β-unsaturated/α-hetero) is 1. The molecule has 2 aromatic heterocycles. The molecule has 134 valence electrons. The van der Waals surface area contributed by atoms with Crippen LogP contribution in [0.5, 0.6) is 0 Å². The molecule has 3 rings (SSSR count). The molecule has 0 saturated carbocycles. The number of aromatic nitrogens is 2. The topological polar surface area (TPSA) is 85.1 Å². The first kappa shape index (κ1) is 18.0. The third kappa shape index (κ3) is 4.64. The summed E-state index contributed by atoms with van der Waals surface area (Å²) in [6.45, 7) is 0. The molecule has 0 aliphatic heterocycles. The van der Waals surface area contributed by atoms with Crippen molar-refractivity contribution in [2.75, 3.05) is 7.05 Å². The minimum atomic E-state index is -0.283. The summed E-state index contributed by atoms with van der Waals surface area (Å²) >= 11 is 1.51. The molecular formula is C19H19N3O3S. The normalized spacial score (nSPS) is 10.7. The van der Waals surface area contributed by atoms with Gasteiger partial charge in [-0.2, -0.15) is 0 Å². The Kier molecular flexibility index (Phi) is 5.91. The van der Waals surface area contributed by atoms with Crippen molar-refractivity contribution in [1.29, 1.82) is 0 Å². The van der Waals surface area contributed by atoms with Crippen LogP contribution in [0.4, 0.5) is 0 Å². The number of hydrogen-bond donors (Lipinski definition) is 1. The number of amides is 1. The zero-order chi connectivity index (χ0) is 18.4. The van der Waals surface area contributed by atoms with Crippen LogP contribution in [-0.4, -0.2) is 28.9 Å². The molecule has 1 N–H and O–H groups in total. The molecular weight excluding hydrogens is 350 g/mol. The van der Waals surface area contributed by atoms with Crippen molar-refractivity contribution >= 4 is 23.0 Å². The molecule has 2 heterocycles. The molecule has 0 radical (unpaired) electrons. The standard InChI is InChI=1S/C19H19N3O3S/c1-20-19(24)16-11-15(25-22-16)9-5-8-14(23)10-18-21-17(12-26-18)13-6-3-2-4-7-13/h2-4,6-7,11-12H,5,8-10H2,1H3,(H,20,24). The van der Waals surface area contributed by atoms with Gasteiger partial charge < -0.3 is 9.84 Å². The second-order valence-corrected chi connectivity index (χ2v) is 6.76. The predicted molar refractivity (Wildman–Crippen MR) is 99.1 cm³/mol. The van der Waals surface area contributed by atoms with Gasteiger partial charge in [-0.25, -0.2) is 4.98 Å². The van der Waals surface area contributed by atoms with E-state index in [1.54, 1.807) is 6.07 Å². The number of rotatable bonds is 8. The minimum absolute atomic E-state index is 0.144. The van der Waals surface area contributed by atoms with Crippen LogP contribution in [0.15, 0.2) is 46.3 Å². The first-order valence-electron chi connectivity index (χ1n) is 8.35. The van der Waals surface area contributed by atoms with Crippen LogP contribution in [0, 0.1) is 0 Å². The van der Waals surface area contributed by atoms with Crippen LogP contribution >= 0.6 is 11.3 Å². The summed E-state index contributed by atoms with van der Waals surface area (Å²) in [5.41, 5.74) is 2.21. The number of ketones is 1. The lowest BCUT2D eigenvalue weighted by atomic mass is 10.1. The highest BCUT2D eigenvalue weighted by Crippen LogP contribution is 2.22. The van der Waals surface area contributed by atoms with Crippen LogP contribution in [0.25, 0.3) is 11.3 Å². The van der Waals surface area contributed by atoms with Gasteiger partial charge in [-0.3, -0.25) is 9.59 Å².